The van der Waals surface area contributed by atoms with Crippen molar-refractivity contribution in [3.8, 4) is 34.1 Å². The number of ether oxygens (including phenoxy) is 2. The Hall–Kier alpha value is -3.41. The van der Waals surface area contributed by atoms with E-state index >= 15 is 0 Å². The van der Waals surface area contributed by atoms with Gasteiger partial charge in [-0.25, -0.2) is 0 Å². The van der Waals surface area contributed by atoms with Crippen molar-refractivity contribution in [1.29, 1.82) is 0 Å². The van der Waals surface area contributed by atoms with Gasteiger partial charge < -0.3 is 9.47 Å². The molecular weight excluding hydrogens is 316 g/mol. The van der Waals surface area contributed by atoms with E-state index in [0.717, 1.165) is 28.3 Å². The molecule has 2 heterocycles. The van der Waals surface area contributed by atoms with Gasteiger partial charge in [-0.05, 0) is 36.4 Å². The SMILES string of the molecule is COc1ccccc1-c1ccc2nnc(-c3ccccc3OC)n2n1. The molecule has 0 fully saturated rings. The molecule has 0 radical (unpaired) electrons. The number of nitrogens with zero attached hydrogens (tertiary/aromatic N) is 4. The van der Waals surface area contributed by atoms with Crippen LogP contribution in [0.25, 0.3) is 28.3 Å². The van der Waals surface area contributed by atoms with Crippen molar-refractivity contribution < 1.29 is 9.47 Å². The second kappa shape index (κ2) is 6.24. The maximum absolute atomic E-state index is 5.44. The van der Waals surface area contributed by atoms with Crippen LogP contribution < -0.4 is 9.47 Å². The van der Waals surface area contributed by atoms with Crippen molar-refractivity contribution in [1.82, 2.24) is 19.8 Å². The fourth-order valence-corrected chi connectivity index (χ4v) is 2.79. The smallest absolute Gasteiger partial charge is 0.189 e. The molecule has 0 saturated heterocycles. The van der Waals surface area contributed by atoms with Crippen LogP contribution in [0.5, 0.6) is 11.5 Å². The lowest BCUT2D eigenvalue weighted by molar-refractivity contribution is 0.415. The van der Waals surface area contributed by atoms with Gasteiger partial charge in [-0.2, -0.15) is 9.61 Å². The van der Waals surface area contributed by atoms with E-state index in [0.29, 0.717) is 11.5 Å². The Labute approximate surface area is 144 Å². The Morgan fingerprint density at radius 1 is 0.720 bits per heavy atom. The zero-order chi connectivity index (χ0) is 17.2. The van der Waals surface area contributed by atoms with E-state index in [1.807, 2.05) is 60.7 Å². The Morgan fingerprint density at radius 3 is 2.08 bits per heavy atom. The first-order valence-electron chi connectivity index (χ1n) is 7.81. The summed E-state index contributed by atoms with van der Waals surface area (Å²) in [6, 6.07) is 19.2. The number of benzene rings is 2. The fraction of sp³-hybridized carbons (Fsp3) is 0.105. The van der Waals surface area contributed by atoms with Gasteiger partial charge in [0.2, 0.25) is 0 Å². The fourth-order valence-electron chi connectivity index (χ4n) is 2.79. The van der Waals surface area contributed by atoms with Crippen LogP contribution in [0.15, 0.2) is 60.7 Å². The van der Waals surface area contributed by atoms with E-state index in [9.17, 15) is 0 Å². The molecule has 0 aliphatic rings. The van der Waals surface area contributed by atoms with Gasteiger partial charge in [-0.3, -0.25) is 0 Å². The second-order valence-electron chi connectivity index (χ2n) is 5.41. The highest BCUT2D eigenvalue weighted by molar-refractivity contribution is 5.70. The summed E-state index contributed by atoms with van der Waals surface area (Å²) in [4.78, 5) is 0. The minimum absolute atomic E-state index is 0.629. The molecule has 0 unspecified atom stereocenters. The lowest BCUT2D eigenvalue weighted by atomic mass is 10.1. The summed E-state index contributed by atoms with van der Waals surface area (Å²) in [5.41, 5.74) is 3.19. The van der Waals surface area contributed by atoms with E-state index in [1.165, 1.54) is 0 Å². The molecule has 4 aromatic rings. The predicted octanol–water partition coefficient (Wildman–Crippen LogP) is 3.48. The minimum Gasteiger partial charge on any atom is -0.496 e. The van der Waals surface area contributed by atoms with Crippen LogP contribution in [0.1, 0.15) is 0 Å². The Kier molecular flexibility index (Phi) is 3.78. The lowest BCUT2D eigenvalue weighted by Gasteiger charge is -2.09. The van der Waals surface area contributed by atoms with Crippen molar-refractivity contribution in [3.05, 3.63) is 60.7 Å². The van der Waals surface area contributed by atoms with Gasteiger partial charge in [0, 0.05) is 5.56 Å². The first kappa shape index (κ1) is 15.1. The first-order chi connectivity index (χ1) is 12.3. The molecule has 0 aliphatic heterocycles. The van der Waals surface area contributed by atoms with E-state index in [4.69, 9.17) is 14.6 Å². The Morgan fingerprint density at radius 2 is 1.36 bits per heavy atom. The summed E-state index contributed by atoms with van der Waals surface area (Å²) in [5.74, 6) is 2.12. The van der Waals surface area contributed by atoms with Crippen molar-refractivity contribution in [2.75, 3.05) is 14.2 Å². The molecule has 0 atom stereocenters. The third-order valence-corrected chi connectivity index (χ3v) is 3.99. The van der Waals surface area contributed by atoms with E-state index in [2.05, 4.69) is 10.2 Å². The van der Waals surface area contributed by atoms with Crippen LogP contribution in [0.3, 0.4) is 0 Å². The molecular formula is C19H16N4O2. The third-order valence-electron chi connectivity index (χ3n) is 3.99. The predicted molar refractivity (Wildman–Crippen MR) is 94.8 cm³/mol. The molecule has 0 aliphatic carbocycles. The Balaban J connectivity index is 1.92. The van der Waals surface area contributed by atoms with Crippen LogP contribution in [0, 0.1) is 0 Å². The molecule has 6 heteroatoms. The summed E-state index contributed by atoms with van der Waals surface area (Å²) in [6.07, 6.45) is 0. The normalized spacial score (nSPS) is 10.8. The number of methoxy groups -OCH3 is 2. The first-order valence-corrected chi connectivity index (χ1v) is 7.81. The molecule has 2 aromatic carbocycles. The van der Waals surface area contributed by atoms with Crippen molar-refractivity contribution in [2.24, 2.45) is 0 Å². The maximum Gasteiger partial charge on any atom is 0.189 e. The monoisotopic (exact) mass is 332 g/mol. The van der Waals surface area contributed by atoms with Crippen LogP contribution in [-0.2, 0) is 0 Å². The van der Waals surface area contributed by atoms with Crippen molar-refractivity contribution in [3.63, 3.8) is 0 Å². The number of aromatic nitrogens is 4. The highest BCUT2D eigenvalue weighted by atomic mass is 16.5. The molecule has 6 nitrogen and oxygen atoms in total. The highest BCUT2D eigenvalue weighted by Gasteiger charge is 2.15. The van der Waals surface area contributed by atoms with Gasteiger partial charge in [0.05, 0.1) is 25.5 Å². The lowest BCUT2D eigenvalue weighted by Crippen LogP contribution is -1.99. The van der Waals surface area contributed by atoms with E-state index < -0.39 is 0 Å². The standard InChI is InChI=1S/C19H16N4O2/c1-24-16-9-5-3-7-13(16)15-11-12-18-20-21-19(23(18)22-15)14-8-4-6-10-17(14)25-2/h3-12H,1-2H3. The van der Waals surface area contributed by atoms with Crippen LogP contribution >= 0.6 is 0 Å². The molecule has 0 spiro atoms. The average Bonchev–Trinajstić information content (AvgIpc) is 3.10. The topological polar surface area (TPSA) is 61.5 Å². The van der Waals surface area contributed by atoms with Crippen molar-refractivity contribution in [2.45, 2.75) is 0 Å². The van der Waals surface area contributed by atoms with Crippen LogP contribution in [0.2, 0.25) is 0 Å². The van der Waals surface area contributed by atoms with Gasteiger partial charge >= 0.3 is 0 Å². The largest absolute Gasteiger partial charge is 0.496 e. The number of fused-ring (bicyclic) bond motifs is 1. The van der Waals surface area contributed by atoms with Crippen molar-refractivity contribution >= 4 is 5.65 Å². The number of rotatable bonds is 4. The number of hydrogen-bond donors (Lipinski definition) is 0. The van der Waals surface area contributed by atoms with Gasteiger partial charge in [0.15, 0.2) is 11.5 Å². The molecule has 25 heavy (non-hydrogen) atoms. The van der Waals surface area contributed by atoms with Gasteiger partial charge in [-0.1, -0.05) is 24.3 Å². The van der Waals surface area contributed by atoms with Gasteiger partial charge in [0.25, 0.3) is 0 Å². The number of para-hydroxylation sites is 2. The zero-order valence-corrected chi connectivity index (χ0v) is 13.9. The molecule has 0 amide bonds. The summed E-state index contributed by atoms with van der Waals surface area (Å²) < 4.78 is 12.6. The number of hydrogen-bond acceptors (Lipinski definition) is 5. The van der Waals surface area contributed by atoms with E-state index in [1.54, 1.807) is 18.7 Å². The minimum atomic E-state index is 0.629. The van der Waals surface area contributed by atoms with Gasteiger partial charge in [0.1, 0.15) is 11.5 Å². The molecule has 124 valence electrons. The van der Waals surface area contributed by atoms with Gasteiger partial charge in [-0.15, -0.1) is 10.2 Å². The summed E-state index contributed by atoms with van der Waals surface area (Å²) in [7, 11) is 3.28. The third kappa shape index (κ3) is 2.57. The van der Waals surface area contributed by atoms with Crippen LogP contribution in [-0.4, -0.2) is 34.0 Å². The second-order valence-corrected chi connectivity index (χ2v) is 5.41. The quantitative estimate of drug-likeness (QED) is 0.572. The molecule has 4 rings (SSSR count). The molecule has 2 aromatic heterocycles. The average molecular weight is 332 g/mol. The summed E-state index contributed by atoms with van der Waals surface area (Å²) >= 11 is 0. The maximum atomic E-state index is 5.44. The molecule has 0 saturated carbocycles. The molecule has 0 N–H and O–H groups in total. The van der Waals surface area contributed by atoms with E-state index in [-0.39, 0.29) is 0 Å². The summed E-state index contributed by atoms with van der Waals surface area (Å²) in [5, 5.41) is 13.2. The zero-order valence-electron chi connectivity index (χ0n) is 13.9. The highest BCUT2D eigenvalue weighted by Crippen LogP contribution is 2.31. The summed E-state index contributed by atoms with van der Waals surface area (Å²) in [6.45, 7) is 0. The van der Waals surface area contributed by atoms with Crippen LogP contribution in [0.4, 0.5) is 0 Å². The molecule has 0 bridgehead atoms. The Bertz CT molecular complexity index is 1040.